The Morgan fingerprint density at radius 2 is 2.00 bits per heavy atom. The maximum absolute atomic E-state index is 12.8. The number of halogens is 1. The SMILES string of the molecule is O=C(NCC1CCCO1)c1cc2sc(Br)cc2n1CC1CCCCO1. The van der Waals surface area contributed by atoms with Gasteiger partial charge in [-0.25, -0.2) is 0 Å². The fraction of sp³-hybridized carbons (Fsp3) is 0.611. The van der Waals surface area contributed by atoms with Gasteiger partial charge in [0.05, 0.1) is 26.2 Å². The number of carbonyl (C=O) groups is 1. The maximum Gasteiger partial charge on any atom is 0.268 e. The number of aromatic nitrogens is 1. The number of rotatable bonds is 5. The van der Waals surface area contributed by atoms with Gasteiger partial charge < -0.3 is 19.4 Å². The lowest BCUT2D eigenvalue weighted by Gasteiger charge is -2.24. The number of fused-ring (bicyclic) bond motifs is 1. The number of amides is 1. The lowest BCUT2D eigenvalue weighted by molar-refractivity contribution is 0.00636. The van der Waals surface area contributed by atoms with Crippen molar-refractivity contribution in [3.63, 3.8) is 0 Å². The maximum atomic E-state index is 12.8. The van der Waals surface area contributed by atoms with Crippen LogP contribution in [0.15, 0.2) is 15.9 Å². The molecule has 4 heterocycles. The van der Waals surface area contributed by atoms with E-state index in [4.69, 9.17) is 9.47 Å². The first-order chi connectivity index (χ1) is 12.2. The van der Waals surface area contributed by atoms with E-state index in [1.54, 1.807) is 11.3 Å². The molecule has 2 aromatic rings. The molecule has 0 spiro atoms. The summed E-state index contributed by atoms with van der Waals surface area (Å²) in [7, 11) is 0. The minimum atomic E-state index is -0.0224. The highest BCUT2D eigenvalue weighted by Gasteiger charge is 2.23. The first-order valence-corrected chi connectivity index (χ1v) is 10.6. The van der Waals surface area contributed by atoms with Crippen LogP contribution in [-0.2, 0) is 16.0 Å². The van der Waals surface area contributed by atoms with E-state index in [0.717, 1.165) is 65.1 Å². The third-order valence-corrected chi connectivity index (χ3v) is 6.54. The van der Waals surface area contributed by atoms with E-state index in [-0.39, 0.29) is 18.1 Å². The summed E-state index contributed by atoms with van der Waals surface area (Å²) in [6.45, 7) is 2.94. The van der Waals surface area contributed by atoms with Crippen LogP contribution in [0.25, 0.3) is 10.2 Å². The van der Waals surface area contributed by atoms with Crippen LogP contribution in [0.3, 0.4) is 0 Å². The minimum absolute atomic E-state index is 0.0224. The largest absolute Gasteiger partial charge is 0.376 e. The second-order valence-electron chi connectivity index (χ2n) is 6.77. The third-order valence-electron chi connectivity index (χ3n) is 4.97. The molecular formula is C18H23BrN2O3S. The summed E-state index contributed by atoms with van der Waals surface area (Å²) in [5.74, 6) is -0.0224. The molecule has 2 aliphatic heterocycles. The second kappa shape index (κ2) is 7.78. The van der Waals surface area contributed by atoms with Gasteiger partial charge in [0.2, 0.25) is 0 Å². The molecule has 2 unspecified atom stereocenters. The van der Waals surface area contributed by atoms with Crippen molar-refractivity contribution < 1.29 is 14.3 Å². The van der Waals surface area contributed by atoms with E-state index in [0.29, 0.717) is 6.54 Å². The fourth-order valence-corrected chi connectivity index (χ4v) is 5.22. The van der Waals surface area contributed by atoms with Crippen molar-refractivity contribution in [1.29, 1.82) is 0 Å². The molecule has 1 amide bonds. The molecule has 25 heavy (non-hydrogen) atoms. The zero-order valence-electron chi connectivity index (χ0n) is 14.1. The van der Waals surface area contributed by atoms with Gasteiger partial charge >= 0.3 is 0 Å². The van der Waals surface area contributed by atoms with Gasteiger partial charge in [-0.1, -0.05) is 0 Å². The first-order valence-electron chi connectivity index (χ1n) is 9.00. The topological polar surface area (TPSA) is 52.5 Å². The molecule has 0 aliphatic carbocycles. The van der Waals surface area contributed by atoms with Gasteiger partial charge in [0.25, 0.3) is 5.91 Å². The smallest absolute Gasteiger partial charge is 0.268 e. The number of thiophene rings is 1. The predicted molar refractivity (Wildman–Crippen MR) is 102 cm³/mol. The molecule has 5 nitrogen and oxygen atoms in total. The standard InChI is InChI=1S/C18H23BrN2O3S/c19-17-9-14-16(25-17)8-15(18(22)20-10-12-5-3-7-23-12)21(14)11-13-4-1-2-6-24-13/h8-9,12-13H,1-7,10-11H2,(H,20,22). The van der Waals surface area contributed by atoms with E-state index in [9.17, 15) is 4.79 Å². The van der Waals surface area contributed by atoms with E-state index < -0.39 is 0 Å². The monoisotopic (exact) mass is 426 g/mol. The molecule has 2 aromatic heterocycles. The van der Waals surface area contributed by atoms with Crippen LogP contribution in [0, 0.1) is 0 Å². The van der Waals surface area contributed by atoms with Crippen LogP contribution in [0.1, 0.15) is 42.6 Å². The highest BCUT2D eigenvalue weighted by atomic mass is 79.9. The van der Waals surface area contributed by atoms with Crippen molar-refractivity contribution in [2.24, 2.45) is 0 Å². The molecule has 2 aliphatic rings. The number of ether oxygens (including phenoxy) is 2. The first kappa shape index (κ1) is 17.5. The normalized spacial score (nSPS) is 24.0. The highest BCUT2D eigenvalue weighted by Crippen LogP contribution is 2.33. The number of carbonyl (C=O) groups excluding carboxylic acids is 1. The van der Waals surface area contributed by atoms with Crippen molar-refractivity contribution in [3.05, 3.63) is 21.6 Å². The van der Waals surface area contributed by atoms with Crippen molar-refractivity contribution in [3.8, 4) is 0 Å². The quantitative estimate of drug-likeness (QED) is 0.787. The molecule has 2 atom stereocenters. The van der Waals surface area contributed by atoms with Crippen LogP contribution in [0.5, 0.6) is 0 Å². The molecule has 2 saturated heterocycles. The van der Waals surface area contributed by atoms with Gasteiger partial charge in [-0.15, -0.1) is 11.3 Å². The van der Waals surface area contributed by atoms with Crippen LogP contribution >= 0.6 is 27.3 Å². The van der Waals surface area contributed by atoms with Gasteiger partial charge in [-0.05, 0) is 60.2 Å². The lowest BCUT2D eigenvalue weighted by Crippen LogP contribution is -2.34. The Morgan fingerprint density at radius 3 is 2.76 bits per heavy atom. The number of hydrogen-bond acceptors (Lipinski definition) is 4. The van der Waals surface area contributed by atoms with Crippen molar-refractivity contribution in [2.45, 2.75) is 50.9 Å². The molecule has 0 bridgehead atoms. The average Bonchev–Trinajstić information content (AvgIpc) is 3.32. The van der Waals surface area contributed by atoms with E-state index in [1.165, 1.54) is 6.42 Å². The number of hydrogen-bond donors (Lipinski definition) is 1. The molecule has 4 rings (SSSR count). The molecule has 136 valence electrons. The summed E-state index contributed by atoms with van der Waals surface area (Å²) in [5, 5.41) is 3.05. The Morgan fingerprint density at radius 1 is 1.20 bits per heavy atom. The third kappa shape index (κ3) is 3.94. The molecular weight excluding hydrogens is 404 g/mol. The van der Waals surface area contributed by atoms with Crippen molar-refractivity contribution in [1.82, 2.24) is 9.88 Å². The summed E-state index contributed by atoms with van der Waals surface area (Å²) in [6.07, 6.45) is 5.84. The van der Waals surface area contributed by atoms with Crippen molar-refractivity contribution in [2.75, 3.05) is 19.8 Å². The molecule has 7 heteroatoms. The Balaban J connectivity index is 1.54. The molecule has 2 fully saturated rings. The van der Waals surface area contributed by atoms with Crippen LogP contribution in [0.2, 0.25) is 0 Å². The van der Waals surface area contributed by atoms with Gasteiger partial charge in [0.15, 0.2) is 0 Å². The zero-order chi connectivity index (χ0) is 17.2. The molecule has 0 aromatic carbocycles. The van der Waals surface area contributed by atoms with E-state index in [2.05, 4.69) is 31.9 Å². The predicted octanol–water partition coefficient (Wildman–Crippen LogP) is 3.94. The van der Waals surface area contributed by atoms with Gasteiger partial charge in [0, 0.05) is 26.3 Å². The Kier molecular flexibility index (Phi) is 5.45. The number of nitrogens with one attached hydrogen (secondary N) is 1. The second-order valence-corrected chi connectivity index (χ2v) is 9.24. The highest BCUT2D eigenvalue weighted by molar-refractivity contribution is 9.11. The zero-order valence-corrected chi connectivity index (χ0v) is 16.5. The van der Waals surface area contributed by atoms with Gasteiger partial charge in [0.1, 0.15) is 5.69 Å². The van der Waals surface area contributed by atoms with Crippen LogP contribution in [-0.4, -0.2) is 42.4 Å². The van der Waals surface area contributed by atoms with Gasteiger partial charge in [-0.2, -0.15) is 0 Å². The van der Waals surface area contributed by atoms with Crippen molar-refractivity contribution >= 4 is 43.4 Å². The average molecular weight is 427 g/mol. The van der Waals surface area contributed by atoms with Gasteiger partial charge in [-0.3, -0.25) is 4.79 Å². The summed E-state index contributed by atoms with van der Waals surface area (Å²) < 4.78 is 15.8. The van der Waals surface area contributed by atoms with Crippen LogP contribution < -0.4 is 5.32 Å². The molecule has 0 saturated carbocycles. The Bertz CT molecular complexity index is 745. The van der Waals surface area contributed by atoms with E-state index >= 15 is 0 Å². The lowest BCUT2D eigenvalue weighted by atomic mass is 10.1. The molecule has 0 radical (unpaired) electrons. The summed E-state index contributed by atoms with van der Waals surface area (Å²) in [5.41, 5.74) is 1.83. The summed E-state index contributed by atoms with van der Waals surface area (Å²) in [6, 6.07) is 4.10. The molecule has 1 N–H and O–H groups in total. The summed E-state index contributed by atoms with van der Waals surface area (Å²) >= 11 is 5.22. The minimum Gasteiger partial charge on any atom is -0.376 e. The fourth-order valence-electron chi connectivity index (χ4n) is 3.65. The number of nitrogens with zero attached hydrogens (tertiary/aromatic N) is 1. The summed E-state index contributed by atoms with van der Waals surface area (Å²) in [4.78, 5) is 12.8. The van der Waals surface area contributed by atoms with Crippen LogP contribution in [0.4, 0.5) is 0 Å². The Labute approximate surface area is 159 Å². The van der Waals surface area contributed by atoms with E-state index in [1.807, 2.05) is 6.07 Å². The Hall–Kier alpha value is -0.890.